The minimum Gasteiger partial charge on any atom is -0.497 e. The largest absolute Gasteiger partial charge is 0.497 e. The van der Waals surface area contributed by atoms with Crippen LogP contribution in [0, 0.1) is 6.92 Å². The summed E-state index contributed by atoms with van der Waals surface area (Å²) in [5.41, 5.74) is 3.25. The van der Waals surface area contributed by atoms with Crippen molar-refractivity contribution in [1.82, 2.24) is 4.98 Å². The predicted octanol–water partition coefficient (Wildman–Crippen LogP) is 4.27. The molecule has 2 N–H and O–H groups in total. The monoisotopic (exact) mass is 377 g/mol. The number of ether oxygens (including phenoxy) is 2. The average molecular weight is 377 g/mol. The quantitative estimate of drug-likeness (QED) is 0.643. The molecule has 0 unspecified atom stereocenters. The summed E-state index contributed by atoms with van der Waals surface area (Å²) in [5.74, 6) is 1.89. The third-order valence-electron chi connectivity index (χ3n) is 4.26. The Morgan fingerprint density at radius 1 is 1.00 bits per heavy atom. The van der Waals surface area contributed by atoms with Gasteiger partial charge in [-0.3, -0.25) is 4.79 Å². The van der Waals surface area contributed by atoms with E-state index in [0.717, 1.165) is 16.9 Å². The van der Waals surface area contributed by atoms with Crippen LogP contribution in [-0.2, 0) is 6.54 Å². The number of anilines is 2. The van der Waals surface area contributed by atoms with E-state index >= 15 is 0 Å². The van der Waals surface area contributed by atoms with Gasteiger partial charge < -0.3 is 20.1 Å². The molecule has 0 atom stereocenters. The Bertz CT molecular complexity index is 938. The first-order valence-corrected chi connectivity index (χ1v) is 8.88. The third-order valence-corrected chi connectivity index (χ3v) is 4.26. The number of aryl methyl sites for hydroxylation is 1. The molecular weight excluding hydrogens is 354 g/mol. The van der Waals surface area contributed by atoms with Gasteiger partial charge >= 0.3 is 0 Å². The molecule has 0 aliphatic rings. The number of methoxy groups -OCH3 is 2. The van der Waals surface area contributed by atoms with Crippen LogP contribution in [0.4, 0.5) is 11.5 Å². The molecule has 0 saturated heterocycles. The number of nitrogens with one attached hydrogen (secondary N) is 2. The predicted molar refractivity (Wildman–Crippen MR) is 110 cm³/mol. The van der Waals surface area contributed by atoms with E-state index in [4.69, 9.17) is 9.47 Å². The Labute approximate surface area is 164 Å². The second kappa shape index (κ2) is 8.90. The van der Waals surface area contributed by atoms with Gasteiger partial charge in [-0.2, -0.15) is 0 Å². The number of hydrogen-bond acceptors (Lipinski definition) is 5. The number of hydrogen-bond donors (Lipinski definition) is 2. The van der Waals surface area contributed by atoms with Crippen molar-refractivity contribution in [3.63, 3.8) is 0 Å². The fraction of sp³-hybridized carbons (Fsp3) is 0.182. The molecule has 0 radical (unpaired) electrons. The van der Waals surface area contributed by atoms with E-state index < -0.39 is 0 Å². The zero-order valence-corrected chi connectivity index (χ0v) is 16.2. The number of benzene rings is 2. The molecule has 3 aromatic rings. The van der Waals surface area contributed by atoms with Crippen molar-refractivity contribution in [3.8, 4) is 11.5 Å². The highest BCUT2D eigenvalue weighted by Gasteiger charge is 2.10. The maximum Gasteiger partial charge on any atom is 0.257 e. The second-order valence-corrected chi connectivity index (χ2v) is 6.29. The summed E-state index contributed by atoms with van der Waals surface area (Å²) in [6, 6.07) is 17.0. The summed E-state index contributed by atoms with van der Waals surface area (Å²) in [7, 11) is 3.22. The highest BCUT2D eigenvalue weighted by molar-refractivity contribution is 6.05. The lowest BCUT2D eigenvalue weighted by Gasteiger charge is -2.11. The first-order chi connectivity index (χ1) is 13.6. The lowest BCUT2D eigenvalue weighted by molar-refractivity contribution is 0.102. The second-order valence-electron chi connectivity index (χ2n) is 6.29. The molecule has 6 heteroatoms. The number of pyridine rings is 1. The molecule has 0 bridgehead atoms. The van der Waals surface area contributed by atoms with Crippen molar-refractivity contribution in [2.45, 2.75) is 13.5 Å². The van der Waals surface area contributed by atoms with E-state index in [-0.39, 0.29) is 5.91 Å². The molecule has 0 aliphatic heterocycles. The van der Waals surface area contributed by atoms with E-state index in [1.807, 2.05) is 49.4 Å². The van der Waals surface area contributed by atoms with Crippen LogP contribution in [0.5, 0.6) is 11.5 Å². The van der Waals surface area contributed by atoms with Crippen LogP contribution in [-0.4, -0.2) is 25.1 Å². The first-order valence-electron chi connectivity index (χ1n) is 8.88. The molecule has 0 saturated carbocycles. The standard InChI is InChI=1S/C22H23N3O3/c1-15-4-10-20(28-3)19(12-15)25-22(26)17-7-11-21(24-14-17)23-13-16-5-8-18(27-2)9-6-16/h4-12,14H,13H2,1-3H3,(H,23,24)(H,25,26). The summed E-state index contributed by atoms with van der Waals surface area (Å²) in [5, 5.41) is 6.11. The smallest absolute Gasteiger partial charge is 0.257 e. The van der Waals surface area contributed by atoms with Gasteiger partial charge in [-0.15, -0.1) is 0 Å². The van der Waals surface area contributed by atoms with Gasteiger partial charge in [0.15, 0.2) is 0 Å². The van der Waals surface area contributed by atoms with Crippen molar-refractivity contribution in [2.24, 2.45) is 0 Å². The Morgan fingerprint density at radius 3 is 2.43 bits per heavy atom. The number of nitrogens with zero attached hydrogens (tertiary/aromatic N) is 1. The van der Waals surface area contributed by atoms with E-state index in [2.05, 4.69) is 15.6 Å². The molecule has 1 aromatic heterocycles. The molecule has 0 spiro atoms. The number of carbonyl (C=O) groups is 1. The van der Waals surface area contributed by atoms with Crippen LogP contribution in [0.3, 0.4) is 0 Å². The topological polar surface area (TPSA) is 72.5 Å². The Kier molecular flexibility index (Phi) is 6.11. The van der Waals surface area contributed by atoms with Gasteiger partial charge in [0.1, 0.15) is 17.3 Å². The van der Waals surface area contributed by atoms with Crippen molar-refractivity contribution >= 4 is 17.4 Å². The minimum absolute atomic E-state index is 0.238. The molecule has 1 amide bonds. The molecule has 1 heterocycles. The van der Waals surface area contributed by atoms with Crippen LogP contribution in [0.15, 0.2) is 60.8 Å². The van der Waals surface area contributed by atoms with Gasteiger partial charge in [0.2, 0.25) is 0 Å². The van der Waals surface area contributed by atoms with Gasteiger partial charge in [-0.25, -0.2) is 4.98 Å². The van der Waals surface area contributed by atoms with Crippen LogP contribution >= 0.6 is 0 Å². The summed E-state index contributed by atoms with van der Waals surface area (Å²) < 4.78 is 10.4. The van der Waals surface area contributed by atoms with Crippen LogP contribution in [0.25, 0.3) is 0 Å². The Hall–Kier alpha value is -3.54. The molecule has 28 heavy (non-hydrogen) atoms. The molecule has 144 valence electrons. The molecule has 0 fully saturated rings. The Balaban J connectivity index is 1.61. The molecular formula is C22H23N3O3. The summed E-state index contributed by atoms with van der Waals surface area (Å²) >= 11 is 0. The highest BCUT2D eigenvalue weighted by atomic mass is 16.5. The molecule has 0 aliphatic carbocycles. The maximum atomic E-state index is 12.5. The summed E-state index contributed by atoms with van der Waals surface area (Å²) in [4.78, 5) is 16.8. The van der Waals surface area contributed by atoms with E-state index in [1.165, 1.54) is 0 Å². The maximum absolute atomic E-state index is 12.5. The Morgan fingerprint density at radius 2 is 1.79 bits per heavy atom. The molecule has 6 nitrogen and oxygen atoms in total. The van der Waals surface area contributed by atoms with Gasteiger partial charge in [0, 0.05) is 12.7 Å². The molecule has 2 aromatic carbocycles. The number of amides is 1. The fourth-order valence-corrected chi connectivity index (χ4v) is 2.68. The van der Waals surface area contributed by atoms with Crippen molar-refractivity contribution in [2.75, 3.05) is 24.9 Å². The number of aromatic nitrogens is 1. The lowest BCUT2D eigenvalue weighted by Crippen LogP contribution is -2.13. The normalized spacial score (nSPS) is 10.2. The zero-order valence-electron chi connectivity index (χ0n) is 16.2. The van der Waals surface area contributed by atoms with Gasteiger partial charge in [-0.1, -0.05) is 18.2 Å². The van der Waals surface area contributed by atoms with E-state index in [0.29, 0.717) is 29.4 Å². The van der Waals surface area contributed by atoms with E-state index in [1.54, 1.807) is 32.5 Å². The first kappa shape index (κ1) is 19.2. The van der Waals surface area contributed by atoms with Crippen molar-refractivity contribution in [1.29, 1.82) is 0 Å². The van der Waals surface area contributed by atoms with Gasteiger partial charge in [0.05, 0.1) is 25.5 Å². The highest BCUT2D eigenvalue weighted by Crippen LogP contribution is 2.25. The van der Waals surface area contributed by atoms with E-state index in [9.17, 15) is 4.79 Å². The van der Waals surface area contributed by atoms with Crippen LogP contribution < -0.4 is 20.1 Å². The summed E-state index contributed by atoms with van der Waals surface area (Å²) in [6.45, 7) is 2.59. The number of rotatable bonds is 7. The number of carbonyl (C=O) groups excluding carboxylic acids is 1. The fourth-order valence-electron chi connectivity index (χ4n) is 2.68. The van der Waals surface area contributed by atoms with Crippen LogP contribution in [0.1, 0.15) is 21.5 Å². The van der Waals surface area contributed by atoms with Gasteiger partial charge in [-0.05, 0) is 54.4 Å². The average Bonchev–Trinajstić information content (AvgIpc) is 2.73. The zero-order chi connectivity index (χ0) is 19.9. The lowest BCUT2D eigenvalue weighted by atomic mass is 10.2. The van der Waals surface area contributed by atoms with Crippen molar-refractivity contribution in [3.05, 3.63) is 77.5 Å². The van der Waals surface area contributed by atoms with Crippen LogP contribution in [0.2, 0.25) is 0 Å². The van der Waals surface area contributed by atoms with Gasteiger partial charge in [0.25, 0.3) is 5.91 Å². The molecule has 3 rings (SSSR count). The SMILES string of the molecule is COc1ccc(CNc2ccc(C(=O)Nc3cc(C)ccc3OC)cn2)cc1. The minimum atomic E-state index is -0.238. The third kappa shape index (κ3) is 4.79. The summed E-state index contributed by atoms with van der Waals surface area (Å²) in [6.07, 6.45) is 1.55. The van der Waals surface area contributed by atoms with Crippen molar-refractivity contribution < 1.29 is 14.3 Å².